The van der Waals surface area contributed by atoms with Gasteiger partial charge in [-0.25, -0.2) is 0 Å². The minimum absolute atomic E-state index is 0.108. The van der Waals surface area contributed by atoms with Crippen molar-refractivity contribution in [3.63, 3.8) is 0 Å². The van der Waals surface area contributed by atoms with Crippen molar-refractivity contribution < 1.29 is 14.6 Å². The van der Waals surface area contributed by atoms with Gasteiger partial charge in [0.1, 0.15) is 11.9 Å². The molecule has 0 fully saturated rings. The van der Waals surface area contributed by atoms with Gasteiger partial charge in [-0.1, -0.05) is 18.2 Å². The molecule has 1 atom stereocenters. The van der Waals surface area contributed by atoms with Crippen LogP contribution in [0.5, 0.6) is 5.75 Å². The molecule has 180 valence electrons. The Morgan fingerprint density at radius 1 is 1.00 bits per heavy atom. The molecule has 4 rings (SSSR count). The minimum Gasteiger partial charge on any atom is -0.493 e. The maximum Gasteiger partial charge on any atom is 0.122 e. The third-order valence-corrected chi connectivity index (χ3v) is 6.63. The highest BCUT2D eigenvalue weighted by Gasteiger charge is 2.28. The zero-order valence-corrected chi connectivity index (χ0v) is 21.6. The predicted octanol–water partition coefficient (Wildman–Crippen LogP) is 6.82. The second-order valence-electron chi connectivity index (χ2n) is 10.4. The Morgan fingerprint density at radius 3 is 2.41 bits per heavy atom. The Balaban J connectivity index is 1.98. The fraction of sp³-hybridized carbons (Fsp3) is 0.433. The van der Waals surface area contributed by atoms with E-state index in [-0.39, 0.29) is 6.61 Å². The van der Waals surface area contributed by atoms with Crippen LogP contribution in [0.1, 0.15) is 66.8 Å². The number of fused-ring (bicyclic) bond motifs is 1. The molecule has 0 saturated carbocycles. The first-order chi connectivity index (χ1) is 16.1. The molecule has 0 saturated heterocycles. The largest absolute Gasteiger partial charge is 0.493 e. The zero-order valence-electron chi connectivity index (χ0n) is 21.6. The summed E-state index contributed by atoms with van der Waals surface area (Å²) in [6, 6.07) is 13.0. The van der Waals surface area contributed by atoms with Gasteiger partial charge in [-0.3, -0.25) is 4.98 Å². The summed E-state index contributed by atoms with van der Waals surface area (Å²) in [5.74, 6) is 0.971. The van der Waals surface area contributed by atoms with Crippen molar-refractivity contribution in [3.8, 4) is 28.1 Å². The van der Waals surface area contributed by atoms with Crippen LogP contribution in [0.25, 0.3) is 22.4 Å². The second-order valence-corrected chi connectivity index (χ2v) is 10.4. The summed E-state index contributed by atoms with van der Waals surface area (Å²) >= 11 is 0. The molecule has 1 N–H and O–H groups in total. The van der Waals surface area contributed by atoms with Crippen molar-refractivity contribution in [2.75, 3.05) is 13.2 Å². The number of aryl methyl sites for hydroxylation is 4. The molecular weight excluding hydrogens is 422 g/mol. The topological polar surface area (TPSA) is 51.6 Å². The van der Waals surface area contributed by atoms with Gasteiger partial charge in [-0.05, 0) is 113 Å². The molecule has 0 radical (unpaired) electrons. The fourth-order valence-corrected chi connectivity index (χ4v) is 4.88. The standard InChI is InChI=1S/C30H37NO3/c1-18-10-11-24(15-19(18)2)29-20(3)27(23-12-13-25-22(16-23)9-8-14-33-25)28(21(4)31-29)26(17-32)34-30(5,6)7/h10-13,15-16,26,32H,8-9,14,17H2,1-7H3/t26-/m1/s1. The number of hydrogen-bond acceptors (Lipinski definition) is 4. The Labute approximate surface area is 204 Å². The fourth-order valence-electron chi connectivity index (χ4n) is 4.88. The molecule has 1 aliphatic heterocycles. The third-order valence-electron chi connectivity index (χ3n) is 6.63. The van der Waals surface area contributed by atoms with Gasteiger partial charge in [0.25, 0.3) is 0 Å². The lowest BCUT2D eigenvalue weighted by Crippen LogP contribution is -2.26. The van der Waals surface area contributed by atoms with Crippen LogP contribution in [0, 0.1) is 27.7 Å². The van der Waals surface area contributed by atoms with Crippen LogP contribution in [-0.2, 0) is 11.2 Å². The van der Waals surface area contributed by atoms with Crippen molar-refractivity contribution in [2.45, 2.75) is 73.0 Å². The van der Waals surface area contributed by atoms with E-state index in [1.165, 1.54) is 16.7 Å². The Bertz CT molecular complexity index is 1210. The number of aliphatic hydroxyl groups is 1. The first kappa shape index (κ1) is 24.4. The lowest BCUT2D eigenvalue weighted by atomic mass is 9.87. The smallest absolute Gasteiger partial charge is 0.122 e. The molecule has 2 heterocycles. The summed E-state index contributed by atoms with van der Waals surface area (Å²) in [5.41, 5.74) is 10.6. The van der Waals surface area contributed by atoms with Crippen LogP contribution < -0.4 is 4.74 Å². The summed E-state index contributed by atoms with van der Waals surface area (Å²) in [7, 11) is 0. The van der Waals surface area contributed by atoms with Gasteiger partial charge in [0.05, 0.1) is 24.5 Å². The number of nitrogens with zero attached hydrogens (tertiary/aromatic N) is 1. The van der Waals surface area contributed by atoms with Gasteiger partial charge in [0.15, 0.2) is 0 Å². The molecule has 1 aromatic heterocycles. The molecule has 0 unspecified atom stereocenters. The Hall–Kier alpha value is -2.69. The summed E-state index contributed by atoms with van der Waals surface area (Å²) in [6.45, 7) is 15.1. The van der Waals surface area contributed by atoms with E-state index in [1.807, 2.05) is 27.7 Å². The van der Waals surface area contributed by atoms with Gasteiger partial charge in [0, 0.05) is 16.8 Å². The average Bonchev–Trinajstić information content (AvgIpc) is 2.79. The van der Waals surface area contributed by atoms with E-state index in [2.05, 4.69) is 57.2 Å². The number of rotatable bonds is 5. The molecule has 4 nitrogen and oxygen atoms in total. The van der Waals surface area contributed by atoms with E-state index in [0.717, 1.165) is 64.4 Å². The van der Waals surface area contributed by atoms with Gasteiger partial charge < -0.3 is 14.6 Å². The normalized spacial score (nSPS) is 14.5. The average molecular weight is 460 g/mol. The molecule has 2 aromatic carbocycles. The maximum atomic E-state index is 10.4. The molecule has 0 aliphatic carbocycles. The van der Waals surface area contributed by atoms with Crippen molar-refractivity contribution in [1.29, 1.82) is 0 Å². The lowest BCUT2D eigenvalue weighted by molar-refractivity contribution is -0.0823. The summed E-state index contributed by atoms with van der Waals surface area (Å²) in [4.78, 5) is 5.07. The quantitative estimate of drug-likeness (QED) is 0.455. The lowest BCUT2D eigenvalue weighted by Gasteiger charge is -2.30. The van der Waals surface area contributed by atoms with Gasteiger partial charge in [-0.2, -0.15) is 0 Å². The Morgan fingerprint density at radius 2 is 1.74 bits per heavy atom. The number of aromatic nitrogens is 1. The van der Waals surface area contributed by atoms with Crippen LogP contribution in [0.3, 0.4) is 0 Å². The summed E-state index contributed by atoms with van der Waals surface area (Å²) < 4.78 is 12.2. The molecule has 34 heavy (non-hydrogen) atoms. The second kappa shape index (κ2) is 9.52. The monoisotopic (exact) mass is 459 g/mol. The van der Waals surface area contributed by atoms with Crippen molar-refractivity contribution in [3.05, 3.63) is 69.9 Å². The van der Waals surface area contributed by atoms with E-state index in [0.29, 0.717) is 0 Å². The highest BCUT2D eigenvalue weighted by Crippen LogP contribution is 2.41. The molecule has 0 amide bonds. The third kappa shape index (κ3) is 4.89. The molecule has 0 spiro atoms. The molecular formula is C30H37NO3. The predicted molar refractivity (Wildman–Crippen MR) is 139 cm³/mol. The van der Waals surface area contributed by atoms with Crippen LogP contribution in [-0.4, -0.2) is 28.9 Å². The number of aliphatic hydroxyl groups excluding tert-OH is 1. The molecule has 1 aliphatic rings. The molecule has 4 heteroatoms. The number of benzene rings is 2. The summed E-state index contributed by atoms with van der Waals surface area (Å²) in [6.07, 6.45) is 1.56. The van der Waals surface area contributed by atoms with Crippen LogP contribution >= 0.6 is 0 Å². The first-order valence-corrected chi connectivity index (χ1v) is 12.2. The highest BCUT2D eigenvalue weighted by atomic mass is 16.5. The van der Waals surface area contributed by atoms with E-state index in [1.54, 1.807) is 0 Å². The summed E-state index contributed by atoms with van der Waals surface area (Å²) in [5, 5.41) is 10.4. The van der Waals surface area contributed by atoms with Crippen molar-refractivity contribution in [1.82, 2.24) is 4.98 Å². The van der Waals surface area contributed by atoms with Crippen LogP contribution in [0.4, 0.5) is 0 Å². The Kier molecular flexibility index (Phi) is 6.84. The van der Waals surface area contributed by atoms with E-state index in [4.69, 9.17) is 14.5 Å². The van der Waals surface area contributed by atoms with Crippen molar-refractivity contribution in [2.24, 2.45) is 0 Å². The highest BCUT2D eigenvalue weighted by molar-refractivity contribution is 5.80. The number of pyridine rings is 1. The first-order valence-electron chi connectivity index (χ1n) is 12.2. The van der Waals surface area contributed by atoms with Gasteiger partial charge in [0.2, 0.25) is 0 Å². The van der Waals surface area contributed by atoms with E-state index < -0.39 is 11.7 Å². The van der Waals surface area contributed by atoms with E-state index >= 15 is 0 Å². The number of ether oxygens (including phenoxy) is 2. The van der Waals surface area contributed by atoms with Crippen LogP contribution in [0.15, 0.2) is 36.4 Å². The number of hydrogen-bond donors (Lipinski definition) is 1. The van der Waals surface area contributed by atoms with Crippen molar-refractivity contribution >= 4 is 0 Å². The maximum absolute atomic E-state index is 10.4. The van der Waals surface area contributed by atoms with Crippen LogP contribution in [0.2, 0.25) is 0 Å². The zero-order chi connectivity index (χ0) is 24.6. The molecule has 3 aromatic rings. The molecule has 0 bridgehead atoms. The minimum atomic E-state index is -0.470. The SMILES string of the molecule is Cc1ccc(-c2nc(C)c([C@@H](CO)OC(C)(C)C)c(-c3ccc4c(c3)CCCO4)c2C)cc1C. The van der Waals surface area contributed by atoms with Gasteiger partial charge >= 0.3 is 0 Å². The van der Waals surface area contributed by atoms with E-state index in [9.17, 15) is 5.11 Å². The van der Waals surface area contributed by atoms with Gasteiger partial charge in [-0.15, -0.1) is 0 Å².